The number of halogens is 1. The van der Waals surface area contributed by atoms with Gasteiger partial charge in [0.15, 0.2) is 0 Å². The van der Waals surface area contributed by atoms with Gasteiger partial charge >= 0.3 is 5.97 Å². The number of benzene rings is 1. The maximum atomic E-state index is 12.6. The van der Waals surface area contributed by atoms with E-state index in [1.165, 1.54) is 4.31 Å². The maximum Gasteiger partial charge on any atom is 0.311 e. The molecule has 1 aromatic carbocycles. The molecule has 0 bridgehead atoms. The predicted octanol–water partition coefficient (Wildman–Crippen LogP) is 2.63. The fourth-order valence-electron chi connectivity index (χ4n) is 2.58. The van der Waals surface area contributed by atoms with Gasteiger partial charge in [-0.05, 0) is 43.5 Å². The van der Waals surface area contributed by atoms with Crippen LogP contribution in [0, 0.1) is 12.3 Å². The van der Waals surface area contributed by atoms with E-state index >= 15 is 0 Å². The molecule has 1 N–H and O–H groups in total. The third-order valence-electron chi connectivity index (χ3n) is 4.22. The highest BCUT2D eigenvalue weighted by Crippen LogP contribution is 2.37. The number of carboxylic acids is 1. The van der Waals surface area contributed by atoms with E-state index < -0.39 is 21.4 Å². The van der Waals surface area contributed by atoms with Crippen molar-refractivity contribution in [3.63, 3.8) is 0 Å². The first-order chi connectivity index (χ1) is 9.73. The Morgan fingerprint density at radius 1 is 1.48 bits per heavy atom. The topological polar surface area (TPSA) is 74.7 Å². The summed E-state index contributed by atoms with van der Waals surface area (Å²) in [6.45, 7) is 3.89. The molecule has 1 saturated heterocycles. The smallest absolute Gasteiger partial charge is 0.311 e. The zero-order valence-electron chi connectivity index (χ0n) is 12.0. The molecule has 116 valence electrons. The van der Waals surface area contributed by atoms with Gasteiger partial charge in [0.1, 0.15) is 0 Å². The summed E-state index contributed by atoms with van der Waals surface area (Å²) >= 11 is 3.34. The number of carbonyl (C=O) groups is 1. The molecule has 0 amide bonds. The minimum atomic E-state index is -3.64. The van der Waals surface area contributed by atoms with Crippen LogP contribution in [0.5, 0.6) is 0 Å². The highest BCUT2D eigenvalue weighted by molar-refractivity contribution is 9.10. The van der Waals surface area contributed by atoms with Crippen molar-refractivity contribution in [2.75, 3.05) is 13.1 Å². The Bertz CT molecular complexity index is 674. The number of aryl methyl sites for hydroxylation is 1. The van der Waals surface area contributed by atoms with Gasteiger partial charge in [-0.15, -0.1) is 0 Å². The van der Waals surface area contributed by atoms with E-state index in [0.29, 0.717) is 12.8 Å². The first-order valence-electron chi connectivity index (χ1n) is 6.73. The molecule has 0 saturated carbocycles. The van der Waals surface area contributed by atoms with Gasteiger partial charge in [-0.2, -0.15) is 4.31 Å². The molecular weight excluding hydrogens is 358 g/mol. The lowest BCUT2D eigenvalue weighted by atomic mass is 9.85. The van der Waals surface area contributed by atoms with Crippen LogP contribution >= 0.6 is 15.9 Å². The van der Waals surface area contributed by atoms with Gasteiger partial charge in [-0.1, -0.05) is 22.9 Å². The van der Waals surface area contributed by atoms with Crippen molar-refractivity contribution in [2.45, 2.75) is 31.6 Å². The maximum absolute atomic E-state index is 12.6. The van der Waals surface area contributed by atoms with E-state index in [9.17, 15) is 18.3 Å². The lowest BCUT2D eigenvalue weighted by Gasteiger charge is -2.23. The third kappa shape index (κ3) is 2.86. The largest absolute Gasteiger partial charge is 0.481 e. The molecular formula is C14H18BrNO4S. The summed E-state index contributed by atoms with van der Waals surface area (Å²) in [4.78, 5) is 11.6. The van der Waals surface area contributed by atoms with Crippen LogP contribution in [0.4, 0.5) is 0 Å². The molecule has 1 aromatic rings. The zero-order valence-corrected chi connectivity index (χ0v) is 14.4. The number of hydrogen-bond acceptors (Lipinski definition) is 3. The first-order valence-corrected chi connectivity index (χ1v) is 8.96. The van der Waals surface area contributed by atoms with Crippen LogP contribution in [0.3, 0.4) is 0 Å². The molecule has 0 aliphatic carbocycles. The Labute approximate surface area is 133 Å². The van der Waals surface area contributed by atoms with Crippen LogP contribution in [0.15, 0.2) is 27.6 Å². The summed E-state index contributed by atoms with van der Waals surface area (Å²) in [7, 11) is -3.64. The molecule has 7 heteroatoms. The van der Waals surface area contributed by atoms with Crippen molar-refractivity contribution in [1.29, 1.82) is 0 Å². The third-order valence-corrected chi connectivity index (χ3v) is 6.95. The van der Waals surface area contributed by atoms with Crippen LogP contribution < -0.4 is 0 Å². The van der Waals surface area contributed by atoms with Crippen LogP contribution in [-0.2, 0) is 14.8 Å². The summed E-state index contributed by atoms with van der Waals surface area (Å²) in [5, 5.41) is 9.37. The molecule has 21 heavy (non-hydrogen) atoms. The Morgan fingerprint density at radius 2 is 2.14 bits per heavy atom. The second-order valence-electron chi connectivity index (χ2n) is 5.44. The summed E-state index contributed by atoms with van der Waals surface area (Å²) < 4.78 is 27.4. The zero-order chi connectivity index (χ0) is 15.8. The Balaban J connectivity index is 2.33. The Hall–Kier alpha value is -0.920. The minimum absolute atomic E-state index is 0.0380. The molecule has 1 aliphatic rings. The molecule has 1 unspecified atom stereocenters. The molecule has 0 aromatic heterocycles. The lowest BCUT2D eigenvalue weighted by Crippen LogP contribution is -2.36. The number of rotatable bonds is 4. The molecule has 1 aliphatic heterocycles. The average molecular weight is 376 g/mol. The standard InChI is InChI=1S/C14H18BrNO4S/c1-3-14(13(17)18)6-7-16(9-14)21(19,20)11-4-5-12(15)10(2)8-11/h4-5,8H,3,6-7,9H2,1-2H3,(H,17,18). The summed E-state index contributed by atoms with van der Waals surface area (Å²) in [5.74, 6) is -0.922. The average Bonchev–Trinajstić information content (AvgIpc) is 2.88. The van der Waals surface area contributed by atoms with Gasteiger partial charge < -0.3 is 5.11 Å². The number of carboxylic acid groups (broad SMARTS) is 1. The molecule has 0 radical (unpaired) electrons. The van der Waals surface area contributed by atoms with E-state index in [4.69, 9.17) is 0 Å². The van der Waals surface area contributed by atoms with Gasteiger partial charge in [0.05, 0.1) is 10.3 Å². The van der Waals surface area contributed by atoms with Gasteiger partial charge in [-0.25, -0.2) is 8.42 Å². The molecule has 0 spiro atoms. The van der Waals surface area contributed by atoms with Gasteiger partial charge in [0.25, 0.3) is 0 Å². The van der Waals surface area contributed by atoms with Crippen molar-refractivity contribution in [3.05, 3.63) is 28.2 Å². The summed E-state index contributed by atoms with van der Waals surface area (Å²) in [6, 6.07) is 4.84. The van der Waals surface area contributed by atoms with Gasteiger partial charge in [-0.3, -0.25) is 4.79 Å². The predicted molar refractivity (Wildman–Crippen MR) is 82.6 cm³/mol. The fraction of sp³-hybridized carbons (Fsp3) is 0.500. The van der Waals surface area contributed by atoms with Gasteiger partial charge in [0.2, 0.25) is 10.0 Å². The summed E-state index contributed by atoms with van der Waals surface area (Å²) in [6.07, 6.45) is 0.779. The van der Waals surface area contributed by atoms with Crippen LogP contribution in [0.2, 0.25) is 0 Å². The van der Waals surface area contributed by atoms with Gasteiger partial charge in [0, 0.05) is 17.6 Å². The highest BCUT2D eigenvalue weighted by Gasteiger charge is 2.47. The van der Waals surface area contributed by atoms with Crippen LogP contribution in [-0.4, -0.2) is 36.9 Å². The van der Waals surface area contributed by atoms with Crippen molar-refractivity contribution < 1.29 is 18.3 Å². The second kappa shape index (κ2) is 5.70. The SMILES string of the molecule is CCC1(C(=O)O)CCN(S(=O)(=O)c2ccc(Br)c(C)c2)C1. The molecule has 1 heterocycles. The van der Waals surface area contributed by atoms with E-state index in [0.717, 1.165) is 10.0 Å². The highest BCUT2D eigenvalue weighted by atomic mass is 79.9. The van der Waals surface area contributed by atoms with Crippen LogP contribution in [0.25, 0.3) is 0 Å². The minimum Gasteiger partial charge on any atom is -0.481 e. The van der Waals surface area contributed by atoms with E-state index in [-0.39, 0.29) is 18.0 Å². The molecule has 1 atom stereocenters. The van der Waals surface area contributed by atoms with Crippen molar-refractivity contribution in [2.24, 2.45) is 5.41 Å². The second-order valence-corrected chi connectivity index (χ2v) is 8.23. The van der Waals surface area contributed by atoms with Crippen molar-refractivity contribution in [3.8, 4) is 0 Å². The van der Waals surface area contributed by atoms with Crippen LogP contribution in [0.1, 0.15) is 25.3 Å². The monoisotopic (exact) mass is 375 g/mol. The Morgan fingerprint density at radius 3 is 2.62 bits per heavy atom. The van der Waals surface area contributed by atoms with Crippen molar-refractivity contribution in [1.82, 2.24) is 4.31 Å². The molecule has 5 nitrogen and oxygen atoms in total. The normalized spacial score (nSPS) is 23.4. The van der Waals surface area contributed by atoms with E-state index in [1.54, 1.807) is 25.1 Å². The molecule has 2 rings (SSSR count). The fourth-order valence-corrected chi connectivity index (χ4v) is 4.44. The van der Waals surface area contributed by atoms with E-state index in [1.807, 2.05) is 6.92 Å². The lowest BCUT2D eigenvalue weighted by molar-refractivity contribution is -0.148. The number of nitrogens with zero attached hydrogens (tertiary/aromatic N) is 1. The number of hydrogen-bond donors (Lipinski definition) is 1. The quantitative estimate of drug-likeness (QED) is 0.877. The molecule has 1 fully saturated rings. The van der Waals surface area contributed by atoms with E-state index in [2.05, 4.69) is 15.9 Å². The first kappa shape index (κ1) is 16.5. The number of sulfonamides is 1. The van der Waals surface area contributed by atoms with Crippen molar-refractivity contribution >= 4 is 31.9 Å². The Kier molecular flexibility index (Phi) is 4.46. The number of aliphatic carboxylic acids is 1. The summed E-state index contributed by atoms with van der Waals surface area (Å²) in [5.41, 5.74) is -0.132.